The van der Waals surface area contributed by atoms with Crippen LogP contribution in [-0.2, 0) is 25.6 Å². The van der Waals surface area contributed by atoms with E-state index >= 15 is 0 Å². The Morgan fingerprint density at radius 2 is 1.70 bits per heavy atom. The van der Waals surface area contributed by atoms with E-state index in [-0.39, 0.29) is 30.5 Å². The number of hydrogen-bond acceptors (Lipinski definition) is 6. The summed E-state index contributed by atoms with van der Waals surface area (Å²) < 4.78 is 15.0. The average molecular weight is 342 g/mol. The number of hydrogen-bond donors (Lipinski definition) is 1. The van der Waals surface area contributed by atoms with Crippen LogP contribution in [0.15, 0.2) is 35.0 Å². The van der Waals surface area contributed by atoms with E-state index in [9.17, 15) is 9.59 Å². The molecule has 0 amide bonds. The monoisotopic (exact) mass is 341 g/mol. The molecule has 0 heterocycles. The van der Waals surface area contributed by atoms with Gasteiger partial charge < -0.3 is 19.5 Å². The quantitative estimate of drug-likeness (QED) is 0.578. The van der Waals surface area contributed by atoms with E-state index in [2.05, 4.69) is 5.32 Å². The first-order chi connectivity index (χ1) is 11.0. The van der Waals surface area contributed by atoms with E-state index in [0.29, 0.717) is 5.75 Å². The molecule has 0 fully saturated rings. The van der Waals surface area contributed by atoms with Gasteiger partial charge in [-0.15, -0.1) is 0 Å². The van der Waals surface area contributed by atoms with Crippen LogP contribution in [0.25, 0.3) is 0 Å². The summed E-state index contributed by atoms with van der Waals surface area (Å²) in [5.41, 5.74) is 0.656. The van der Waals surface area contributed by atoms with Gasteiger partial charge in [-0.25, -0.2) is 9.59 Å². The Morgan fingerprint density at radius 3 is 2.30 bits per heavy atom. The first-order valence-electron chi connectivity index (χ1n) is 7.14. The number of carbonyl (C=O) groups is 2. The van der Waals surface area contributed by atoms with Gasteiger partial charge in [0.15, 0.2) is 5.03 Å². The number of nitrogens with one attached hydrogen (secondary N) is 1. The van der Waals surface area contributed by atoms with Gasteiger partial charge in [0.2, 0.25) is 0 Å². The zero-order chi connectivity index (χ0) is 17.2. The molecule has 23 heavy (non-hydrogen) atoms. The maximum atomic E-state index is 12.0. The number of benzene rings is 1. The summed E-state index contributed by atoms with van der Waals surface area (Å²) in [5.74, 6) is -0.860. The van der Waals surface area contributed by atoms with Gasteiger partial charge in [0, 0.05) is 12.1 Å². The average Bonchev–Trinajstić information content (AvgIpc) is 2.55. The summed E-state index contributed by atoms with van der Waals surface area (Å²) in [7, 11) is 1.55. The molecular weight excluding hydrogens is 322 g/mol. The summed E-state index contributed by atoms with van der Waals surface area (Å²) in [6.45, 7) is 3.85. The van der Waals surface area contributed by atoms with Crippen molar-refractivity contribution in [3.05, 3.63) is 40.6 Å². The number of esters is 2. The lowest BCUT2D eigenvalue weighted by Crippen LogP contribution is -2.26. The number of ether oxygens (including phenoxy) is 3. The number of methoxy groups -OCH3 is 1. The number of rotatable bonds is 8. The summed E-state index contributed by atoms with van der Waals surface area (Å²) in [5, 5.41) is 2.48. The van der Waals surface area contributed by atoms with E-state index in [1.165, 1.54) is 0 Å². The standard InChI is InChI=1S/C16H20ClNO5/c1-4-22-15(19)13(17)14(16(20)23-5-2)18-10-11-8-6-7-9-12(11)21-3/h6-9,18H,4-5,10H2,1-3H3/b14-13-. The summed E-state index contributed by atoms with van der Waals surface area (Å²) in [4.78, 5) is 23.7. The molecule has 0 aliphatic rings. The molecule has 0 aliphatic carbocycles. The van der Waals surface area contributed by atoms with E-state index in [0.717, 1.165) is 5.56 Å². The Labute approximate surface area is 140 Å². The van der Waals surface area contributed by atoms with Gasteiger partial charge in [-0.1, -0.05) is 29.8 Å². The molecule has 0 unspecified atom stereocenters. The van der Waals surface area contributed by atoms with Crippen molar-refractivity contribution < 1.29 is 23.8 Å². The second kappa shape index (κ2) is 9.74. The van der Waals surface area contributed by atoms with Crippen LogP contribution >= 0.6 is 11.6 Å². The zero-order valence-electron chi connectivity index (χ0n) is 13.3. The summed E-state index contributed by atoms with van der Waals surface area (Å²) in [6, 6.07) is 7.28. The maximum Gasteiger partial charge on any atom is 0.356 e. The largest absolute Gasteiger partial charge is 0.496 e. The normalized spacial score (nSPS) is 11.3. The molecule has 6 nitrogen and oxygen atoms in total. The molecule has 0 aliphatic heterocycles. The van der Waals surface area contributed by atoms with Crippen molar-refractivity contribution in [1.29, 1.82) is 0 Å². The molecule has 0 aromatic heterocycles. The van der Waals surface area contributed by atoms with Crippen LogP contribution in [0.1, 0.15) is 19.4 Å². The van der Waals surface area contributed by atoms with Gasteiger partial charge in [0.1, 0.15) is 11.4 Å². The molecule has 0 saturated carbocycles. The van der Waals surface area contributed by atoms with Crippen molar-refractivity contribution in [2.75, 3.05) is 20.3 Å². The van der Waals surface area contributed by atoms with Crippen LogP contribution in [0.2, 0.25) is 0 Å². The van der Waals surface area contributed by atoms with Gasteiger partial charge >= 0.3 is 11.9 Å². The van der Waals surface area contributed by atoms with E-state index in [4.69, 9.17) is 25.8 Å². The second-order valence-electron chi connectivity index (χ2n) is 4.30. The lowest BCUT2D eigenvalue weighted by atomic mass is 10.2. The molecule has 1 aromatic carbocycles. The number of para-hydroxylation sites is 1. The third-order valence-corrected chi connectivity index (χ3v) is 3.15. The highest BCUT2D eigenvalue weighted by atomic mass is 35.5. The number of carbonyl (C=O) groups excluding carboxylic acids is 2. The van der Waals surface area contributed by atoms with Gasteiger partial charge in [-0.05, 0) is 19.9 Å². The maximum absolute atomic E-state index is 12.0. The summed E-state index contributed by atoms with van der Waals surface area (Å²) >= 11 is 5.96. The zero-order valence-corrected chi connectivity index (χ0v) is 14.1. The van der Waals surface area contributed by atoms with E-state index in [1.54, 1.807) is 27.0 Å². The predicted octanol–water partition coefficient (Wildman–Crippen LogP) is 2.36. The van der Waals surface area contributed by atoms with Crippen molar-refractivity contribution in [2.24, 2.45) is 0 Å². The fraction of sp³-hybridized carbons (Fsp3) is 0.375. The Morgan fingerprint density at radius 1 is 1.09 bits per heavy atom. The van der Waals surface area contributed by atoms with Gasteiger partial charge in [0.25, 0.3) is 0 Å². The Hall–Kier alpha value is -2.21. The van der Waals surface area contributed by atoms with Crippen molar-refractivity contribution in [1.82, 2.24) is 5.32 Å². The van der Waals surface area contributed by atoms with Crippen LogP contribution in [0.4, 0.5) is 0 Å². The lowest BCUT2D eigenvalue weighted by molar-refractivity contribution is -0.141. The molecule has 126 valence electrons. The van der Waals surface area contributed by atoms with Crippen LogP contribution in [0.3, 0.4) is 0 Å². The Balaban J connectivity index is 2.99. The highest BCUT2D eigenvalue weighted by molar-refractivity contribution is 6.43. The Bertz CT molecular complexity index is 586. The highest BCUT2D eigenvalue weighted by Crippen LogP contribution is 2.18. The van der Waals surface area contributed by atoms with Crippen molar-refractivity contribution in [2.45, 2.75) is 20.4 Å². The molecule has 0 radical (unpaired) electrons. The predicted molar refractivity (Wildman–Crippen MR) is 86.0 cm³/mol. The molecule has 1 rings (SSSR count). The van der Waals surface area contributed by atoms with Crippen molar-refractivity contribution in [3.63, 3.8) is 0 Å². The first kappa shape index (κ1) is 18.8. The minimum Gasteiger partial charge on any atom is -0.496 e. The third-order valence-electron chi connectivity index (χ3n) is 2.80. The second-order valence-corrected chi connectivity index (χ2v) is 4.67. The molecule has 0 saturated heterocycles. The van der Waals surface area contributed by atoms with Gasteiger partial charge in [-0.3, -0.25) is 0 Å². The first-order valence-corrected chi connectivity index (χ1v) is 7.52. The van der Waals surface area contributed by atoms with Crippen LogP contribution in [-0.4, -0.2) is 32.3 Å². The third kappa shape index (κ3) is 5.49. The van der Waals surface area contributed by atoms with Crippen LogP contribution < -0.4 is 10.1 Å². The fourth-order valence-electron chi connectivity index (χ4n) is 1.77. The lowest BCUT2D eigenvalue weighted by Gasteiger charge is -2.14. The van der Waals surface area contributed by atoms with Crippen molar-refractivity contribution in [3.8, 4) is 5.75 Å². The van der Waals surface area contributed by atoms with Crippen LogP contribution in [0, 0.1) is 0 Å². The van der Waals surface area contributed by atoms with Crippen LogP contribution in [0.5, 0.6) is 5.75 Å². The smallest absolute Gasteiger partial charge is 0.356 e. The minimum absolute atomic E-state index is 0.141. The fourth-order valence-corrected chi connectivity index (χ4v) is 1.97. The molecule has 0 spiro atoms. The topological polar surface area (TPSA) is 73.9 Å². The summed E-state index contributed by atoms with van der Waals surface area (Å²) in [6.07, 6.45) is 0. The minimum atomic E-state index is -0.787. The molecule has 1 aromatic rings. The van der Waals surface area contributed by atoms with E-state index in [1.807, 2.05) is 18.2 Å². The Kier molecular flexibility index (Phi) is 7.97. The molecule has 1 N–H and O–H groups in total. The molecular formula is C16H20ClNO5. The molecule has 7 heteroatoms. The molecule has 0 atom stereocenters. The van der Waals surface area contributed by atoms with Gasteiger partial charge in [0.05, 0.1) is 20.3 Å². The highest BCUT2D eigenvalue weighted by Gasteiger charge is 2.22. The van der Waals surface area contributed by atoms with Gasteiger partial charge in [-0.2, -0.15) is 0 Å². The SMILES string of the molecule is CCOC(=O)/C(Cl)=C(/NCc1ccccc1OC)C(=O)OCC. The van der Waals surface area contributed by atoms with E-state index < -0.39 is 11.9 Å². The van der Waals surface area contributed by atoms with Crippen molar-refractivity contribution >= 4 is 23.5 Å². The number of halogens is 1. The molecule has 0 bridgehead atoms.